The Hall–Kier alpha value is -3.00. The van der Waals surface area contributed by atoms with E-state index in [9.17, 15) is 44.7 Å². The number of carboxylic acids is 1. The molecule has 17 heteroatoms. The molecule has 216 valence electrons. The van der Waals surface area contributed by atoms with Crippen LogP contribution in [0.5, 0.6) is 0 Å². The van der Waals surface area contributed by atoms with E-state index in [0.717, 1.165) is 21.7 Å². The minimum absolute atomic E-state index is 0.0709. The zero-order valence-corrected chi connectivity index (χ0v) is 20.9. The first kappa shape index (κ1) is 29.0. The number of nitrogens with two attached hydrogens (primary N) is 1. The summed E-state index contributed by atoms with van der Waals surface area (Å²) in [5, 5.41) is 52.1. The van der Waals surface area contributed by atoms with Gasteiger partial charge >= 0.3 is 11.7 Å². The van der Waals surface area contributed by atoms with Crippen molar-refractivity contribution in [3.05, 3.63) is 44.9 Å². The number of nitrogens with zero attached hydrogens (tertiary/aromatic N) is 3. The standard InChI is InChI=1S/C22H31N5O12/c1-25-5-3-8(20(34)35)26(2)18(33)11(25)16(39-21-15(32)12(29)9(7-23)37-21)17-13(30)14(31)19(38-17)27-6-4-10(28)24-22(27)36/h3-4,6,9,11-17,19,21,29-32H,5,7,23H2,1-2H3,(H,34,35)(H,24,28,36)/t9-,11+,12-,13+,14-,15-,16?,17+,19-,21+/m1/s1. The second kappa shape index (κ2) is 11.2. The first-order chi connectivity index (χ1) is 18.4. The number of carbonyl (C=O) groups is 2. The van der Waals surface area contributed by atoms with E-state index in [0.29, 0.717) is 0 Å². The molecule has 4 heterocycles. The summed E-state index contributed by atoms with van der Waals surface area (Å²) in [6.07, 6.45) is -11.5. The van der Waals surface area contributed by atoms with Crippen molar-refractivity contribution >= 4 is 11.9 Å². The van der Waals surface area contributed by atoms with Crippen molar-refractivity contribution in [2.45, 2.75) is 61.3 Å². The molecule has 10 atom stereocenters. The maximum Gasteiger partial charge on any atom is 0.352 e. The van der Waals surface area contributed by atoms with Gasteiger partial charge in [0.1, 0.15) is 54.5 Å². The van der Waals surface area contributed by atoms with Gasteiger partial charge in [-0.05, 0) is 13.1 Å². The zero-order chi connectivity index (χ0) is 28.8. The molecular weight excluding hydrogens is 526 g/mol. The number of aromatic amines is 1. The molecule has 0 radical (unpaired) electrons. The number of amides is 1. The van der Waals surface area contributed by atoms with Gasteiger partial charge in [-0.1, -0.05) is 0 Å². The van der Waals surface area contributed by atoms with Crippen molar-refractivity contribution in [1.29, 1.82) is 0 Å². The van der Waals surface area contributed by atoms with Crippen LogP contribution in [0, 0.1) is 0 Å². The Morgan fingerprint density at radius 3 is 2.41 bits per heavy atom. The van der Waals surface area contributed by atoms with Crippen LogP contribution in [0.2, 0.25) is 0 Å². The van der Waals surface area contributed by atoms with Crippen LogP contribution in [0.25, 0.3) is 0 Å². The fourth-order valence-electron chi connectivity index (χ4n) is 4.93. The Balaban J connectivity index is 1.73. The van der Waals surface area contributed by atoms with Crippen LogP contribution in [0.4, 0.5) is 0 Å². The van der Waals surface area contributed by atoms with Crippen molar-refractivity contribution in [2.24, 2.45) is 5.73 Å². The SMILES string of the molecule is CN1C(=O)[C@H](C(O[C@@H]2O[C@H](CN)[C@@H](O)[C@H]2O)[C@H]2O[C@@H](n3ccc(=O)[nH]c3=O)[C@H](O)[C@@H]2O)N(C)CC=C1C(=O)O. The van der Waals surface area contributed by atoms with E-state index in [1.807, 2.05) is 4.98 Å². The number of hydrogen-bond donors (Lipinski definition) is 7. The lowest BCUT2D eigenvalue weighted by atomic mass is 9.97. The molecule has 1 aromatic rings. The molecule has 3 aliphatic heterocycles. The number of hydrogen-bond acceptors (Lipinski definition) is 13. The fraction of sp³-hybridized carbons (Fsp3) is 0.636. The third-order valence-corrected chi connectivity index (χ3v) is 7.09. The largest absolute Gasteiger partial charge is 0.477 e. The number of nitrogens with one attached hydrogen (secondary N) is 1. The summed E-state index contributed by atoms with van der Waals surface area (Å²) in [5.41, 5.74) is 3.60. The van der Waals surface area contributed by atoms with Crippen LogP contribution in [-0.4, -0.2) is 139 Å². The van der Waals surface area contributed by atoms with E-state index < -0.39 is 84.4 Å². The van der Waals surface area contributed by atoms with Crippen LogP contribution >= 0.6 is 0 Å². The van der Waals surface area contributed by atoms with Gasteiger partial charge in [-0.3, -0.25) is 24.0 Å². The molecule has 0 saturated carbocycles. The van der Waals surface area contributed by atoms with Crippen LogP contribution in [0.3, 0.4) is 0 Å². The third-order valence-electron chi connectivity index (χ3n) is 7.09. The average molecular weight is 558 g/mol. The molecule has 1 aromatic heterocycles. The highest BCUT2D eigenvalue weighted by atomic mass is 16.7. The predicted molar refractivity (Wildman–Crippen MR) is 127 cm³/mol. The van der Waals surface area contributed by atoms with Crippen molar-refractivity contribution in [2.75, 3.05) is 27.2 Å². The highest BCUT2D eigenvalue weighted by Gasteiger charge is 2.55. The highest BCUT2D eigenvalue weighted by molar-refractivity contribution is 5.95. The first-order valence-electron chi connectivity index (χ1n) is 12.0. The van der Waals surface area contributed by atoms with E-state index in [1.165, 1.54) is 25.1 Å². The van der Waals surface area contributed by atoms with Crippen molar-refractivity contribution < 1.29 is 49.3 Å². The van der Waals surface area contributed by atoms with Gasteiger partial charge in [-0.25, -0.2) is 9.59 Å². The maximum atomic E-state index is 13.6. The average Bonchev–Trinajstić information content (AvgIpc) is 3.28. The Bertz CT molecular complexity index is 1230. The first-order valence-corrected chi connectivity index (χ1v) is 12.0. The predicted octanol–water partition coefficient (Wildman–Crippen LogP) is -5.31. The minimum Gasteiger partial charge on any atom is -0.477 e. The zero-order valence-electron chi connectivity index (χ0n) is 20.9. The third kappa shape index (κ3) is 5.28. The molecule has 4 rings (SSSR count). The maximum absolute atomic E-state index is 13.6. The summed E-state index contributed by atoms with van der Waals surface area (Å²) in [6, 6.07) is -0.385. The number of aliphatic hydroxyl groups is 4. The van der Waals surface area contributed by atoms with Crippen molar-refractivity contribution in [1.82, 2.24) is 19.4 Å². The van der Waals surface area contributed by atoms with E-state index >= 15 is 0 Å². The number of H-pyrrole nitrogens is 1. The normalized spacial score (nSPS) is 36.6. The van der Waals surface area contributed by atoms with Gasteiger partial charge in [0.15, 0.2) is 12.5 Å². The van der Waals surface area contributed by atoms with Crippen LogP contribution in [0.1, 0.15) is 6.23 Å². The summed E-state index contributed by atoms with van der Waals surface area (Å²) in [5.74, 6) is -2.17. The molecule has 1 amide bonds. The molecule has 2 saturated heterocycles. The van der Waals surface area contributed by atoms with E-state index in [2.05, 4.69) is 0 Å². The van der Waals surface area contributed by atoms with Gasteiger partial charge < -0.3 is 50.4 Å². The molecule has 39 heavy (non-hydrogen) atoms. The van der Waals surface area contributed by atoms with E-state index in [4.69, 9.17) is 19.9 Å². The molecule has 8 N–H and O–H groups in total. The molecule has 0 bridgehead atoms. The Labute approximate surface area is 220 Å². The van der Waals surface area contributed by atoms with Gasteiger partial charge in [0.25, 0.3) is 5.56 Å². The number of aliphatic hydroxyl groups excluding tert-OH is 4. The number of aromatic nitrogens is 2. The van der Waals surface area contributed by atoms with Gasteiger partial charge in [-0.15, -0.1) is 0 Å². The highest BCUT2D eigenvalue weighted by Crippen LogP contribution is 2.36. The van der Waals surface area contributed by atoms with Gasteiger partial charge in [-0.2, -0.15) is 0 Å². The topological polar surface area (TPSA) is 250 Å². The second-order valence-corrected chi connectivity index (χ2v) is 9.53. The lowest BCUT2D eigenvalue weighted by Crippen LogP contribution is -2.59. The summed E-state index contributed by atoms with van der Waals surface area (Å²) >= 11 is 0. The number of rotatable bonds is 7. The summed E-state index contributed by atoms with van der Waals surface area (Å²) in [6.45, 7) is -0.253. The molecule has 2 fully saturated rings. The fourth-order valence-corrected chi connectivity index (χ4v) is 4.93. The smallest absolute Gasteiger partial charge is 0.352 e. The lowest BCUT2D eigenvalue weighted by Gasteiger charge is -2.38. The van der Waals surface area contributed by atoms with Gasteiger partial charge in [0.05, 0.1) is 0 Å². The van der Waals surface area contributed by atoms with Crippen molar-refractivity contribution in [3.63, 3.8) is 0 Å². The second-order valence-electron chi connectivity index (χ2n) is 9.53. The number of carboxylic acid groups (broad SMARTS) is 1. The van der Waals surface area contributed by atoms with Gasteiger partial charge in [0.2, 0.25) is 5.91 Å². The quantitative estimate of drug-likeness (QED) is 0.165. The molecule has 0 aliphatic carbocycles. The molecule has 3 aliphatic rings. The van der Waals surface area contributed by atoms with Crippen molar-refractivity contribution in [3.8, 4) is 0 Å². The number of likely N-dealkylation sites (N-methyl/N-ethyl adjacent to an activating group) is 2. The molecule has 17 nitrogen and oxygen atoms in total. The Kier molecular flexibility index (Phi) is 8.36. The van der Waals surface area contributed by atoms with Crippen LogP contribution in [-0.2, 0) is 23.8 Å². The van der Waals surface area contributed by atoms with Crippen LogP contribution in [0.15, 0.2) is 33.6 Å². The van der Waals surface area contributed by atoms with Crippen LogP contribution < -0.4 is 17.0 Å². The molecule has 0 aromatic carbocycles. The molecular formula is C22H31N5O12. The Morgan fingerprint density at radius 2 is 1.82 bits per heavy atom. The number of carbonyl (C=O) groups excluding carboxylic acids is 1. The van der Waals surface area contributed by atoms with E-state index in [1.54, 1.807) is 0 Å². The number of aliphatic carboxylic acids is 1. The summed E-state index contributed by atoms with van der Waals surface area (Å²) < 4.78 is 18.1. The van der Waals surface area contributed by atoms with E-state index in [-0.39, 0.29) is 18.8 Å². The summed E-state index contributed by atoms with van der Waals surface area (Å²) in [7, 11) is 2.70. The molecule has 1 unspecified atom stereocenters. The molecule has 0 spiro atoms. The van der Waals surface area contributed by atoms with Gasteiger partial charge in [0, 0.05) is 32.4 Å². The number of ether oxygens (including phenoxy) is 3. The monoisotopic (exact) mass is 557 g/mol. The Morgan fingerprint density at radius 1 is 1.13 bits per heavy atom. The lowest BCUT2D eigenvalue weighted by molar-refractivity contribution is -0.232. The minimum atomic E-state index is -1.78. The summed E-state index contributed by atoms with van der Waals surface area (Å²) in [4.78, 5) is 53.4.